The lowest BCUT2D eigenvalue weighted by Crippen LogP contribution is -2.41. The van der Waals surface area contributed by atoms with Crippen LogP contribution in [0, 0.1) is 5.92 Å². The highest BCUT2D eigenvalue weighted by atomic mass is 16.3. The number of fused-ring (bicyclic) bond motifs is 1. The van der Waals surface area contributed by atoms with E-state index in [1.807, 2.05) is 29.1 Å². The second-order valence-electron chi connectivity index (χ2n) is 6.52. The van der Waals surface area contributed by atoms with Gasteiger partial charge in [0.25, 0.3) is 0 Å². The summed E-state index contributed by atoms with van der Waals surface area (Å²) in [6, 6.07) is 5.35. The summed E-state index contributed by atoms with van der Waals surface area (Å²) < 4.78 is 3.49. The van der Waals surface area contributed by atoms with E-state index in [1.165, 1.54) is 0 Å². The molecule has 25 heavy (non-hydrogen) atoms. The molecule has 0 radical (unpaired) electrons. The van der Waals surface area contributed by atoms with Gasteiger partial charge in [0.2, 0.25) is 5.91 Å². The van der Waals surface area contributed by atoms with E-state index in [-0.39, 0.29) is 18.5 Å². The molecular weight excluding hydrogens is 320 g/mol. The Morgan fingerprint density at radius 1 is 1.28 bits per heavy atom. The van der Waals surface area contributed by atoms with E-state index >= 15 is 0 Å². The number of pyridine rings is 1. The minimum atomic E-state index is -0.527. The van der Waals surface area contributed by atoms with Crippen LogP contribution in [0.5, 0.6) is 0 Å². The molecule has 0 aromatic carbocycles. The summed E-state index contributed by atoms with van der Waals surface area (Å²) in [7, 11) is 0. The zero-order valence-electron chi connectivity index (χ0n) is 13.7. The summed E-state index contributed by atoms with van der Waals surface area (Å²) in [5.74, 6) is 0.146. The van der Waals surface area contributed by atoms with Gasteiger partial charge in [-0.15, -0.1) is 0 Å². The second-order valence-corrected chi connectivity index (χ2v) is 6.52. The molecule has 8 nitrogen and oxygen atoms in total. The van der Waals surface area contributed by atoms with Crippen LogP contribution < -0.4 is 5.32 Å². The fourth-order valence-corrected chi connectivity index (χ4v) is 3.52. The van der Waals surface area contributed by atoms with Crippen LogP contribution in [0.2, 0.25) is 0 Å². The maximum atomic E-state index is 12.4. The van der Waals surface area contributed by atoms with Crippen molar-refractivity contribution in [3.8, 4) is 0 Å². The average molecular weight is 340 g/mol. The van der Waals surface area contributed by atoms with Gasteiger partial charge in [0.15, 0.2) is 0 Å². The lowest BCUT2D eigenvalue weighted by Gasteiger charge is -2.16. The van der Waals surface area contributed by atoms with Crippen LogP contribution in [0.4, 0.5) is 0 Å². The molecule has 0 aliphatic heterocycles. The number of carbonyl (C=O) groups excluding carboxylic acids is 1. The number of rotatable bonds is 5. The molecule has 0 bridgehead atoms. The number of aliphatic hydroxyl groups is 1. The Morgan fingerprint density at radius 3 is 3.04 bits per heavy atom. The Morgan fingerprint density at radius 2 is 2.20 bits per heavy atom. The van der Waals surface area contributed by atoms with Gasteiger partial charge in [-0.1, -0.05) is 0 Å². The first-order valence-electron chi connectivity index (χ1n) is 8.40. The van der Waals surface area contributed by atoms with Gasteiger partial charge in [0, 0.05) is 25.1 Å². The molecule has 1 aliphatic carbocycles. The van der Waals surface area contributed by atoms with E-state index in [4.69, 9.17) is 0 Å². The number of aliphatic hydroxyl groups excluding tert-OH is 1. The lowest BCUT2D eigenvalue weighted by atomic mass is 10.1. The van der Waals surface area contributed by atoms with Gasteiger partial charge in [-0.05, 0) is 37.0 Å². The predicted octanol–water partition coefficient (Wildman–Crippen LogP) is 0.584. The Hall–Kier alpha value is -2.74. The lowest BCUT2D eigenvalue weighted by molar-refractivity contribution is -0.123. The van der Waals surface area contributed by atoms with Crippen LogP contribution >= 0.6 is 0 Å². The molecule has 1 fully saturated rings. The molecular formula is C17H20N6O2. The Balaban J connectivity index is 1.36. The molecule has 1 amide bonds. The predicted molar refractivity (Wildman–Crippen MR) is 90.4 cm³/mol. The Kier molecular flexibility index (Phi) is 4.19. The molecule has 1 unspecified atom stereocenters. The number of nitrogens with zero attached hydrogens (tertiary/aromatic N) is 5. The third-order valence-electron chi connectivity index (χ3n) is 4.68. The van der Waals surface area contributed by atoms with Gasteiger partial charge in [0.1, 0.15) is 12.1 Å². The van der Waals surface area contributed by atoms with Crippen LogP contribution in [-0.2, 0) is 17.9 Å². The molecule has 0 spiro atoms. The average Bonchev–Trinajstić information content (AvgIpc) is 3.31. The molecule has 2 N–H and O–H groups in total. The number of hydrogen-bond donors (Lipinski definition) is 2. The molecule has 130 valence electrons. The standard InChI is InChI=1S/C17H20N6O2/c24-16-8-12(10-22-6-2-5-19-22)7-13(16)21-17(25)11-23-15-3-1-4-18-14(15)9-20-23/h1-6,9,12-13,16,24H,7-8,10-11H2,(H,21,25)/t12?,13-,16-/m1/s1. The fraction of sp³-hybridized carbons (Fsp3) is 0.412. The van der Waals surface area contributed by atoms with E-state index in [9.17, 15) is 9.90 Å². The third kappa shape index (κ3) is 3.39. The number of hydrogen-bond acceptors (Lipinski definition) is 5. The fourth-order valence-electron chi connectivity index (χ4n) is 3.52. The van der Waals surface area contributed by atoms with Gasteiger partial charge >= 0.3 is 0 Å². The molecule has 4 rings (SSSR count). The van der Waals surface area contributed by atoms with Crippen molar-refractivity contribution in [3.05, 3.63) is 43.0 Å². The largest absolute Gasteiger partial charge is 0.391 e. The van der Waals surface area contributed by atoms with Crippen molar-refractivity contribution in [2.45, 2.75) is 38.1 Å². The summed E-state index contributed by atoms with van der Waals surface area (Å²) in [6.45, 7) is 0.869. The molecule has 8 heteroatoms. The topological polar surface area (TPSA) is 97.9 Å². The maximum Gasteiger partial charge on any atom is 0.242 e. The van der Waals surface area contributed by atoms with Crippen LogP contribution in [0.1, 0.15) is 12.8 Å². The third-order valence-corrected chi connectivity index (χ3v) is 4.68. The van der Waals surface area contributed by atoms with Gasteiger partial charge in [0.05, 0.1) is 23.9 Å². The van der Waals surface area contributed by atoms with E-state index < -0.39 is 6.10 Å². The molecule has 3 aromatic heterocycles. The molecule has 1 saturated carbocycles. The zero-order chi connectivity index (χ0) is 17.2. The number of aromatic nitrogens is 5. The molecule has 3 aromatic rings. The monoisotopic (exact) mass is 340 g/mol. The highest BCUT2D eigenvalue weighted by molar-refractivity contribution is 5.79. The van der Waals surface area contributed by atoms with Crippen LogP contribution in [0.15, 0.2) is 43.0 Å². The van der Waals surface area contributed by atoms with Crippen LogP contribution in [0.3, 0.4) is 0 Å². The van der Waals surface area contributed by atoms with Gasteiger partial charge < -0.3 is 10.4 Å². The number of nitrogens with one attached hydrogen (secondary N) is 1. The van der Waals surface area contributed by atoms with Gasteiger partial charge in [-0.2, -0.15) is 10.2 Å². The van der Waals surface area contributed by atoms with Crippen molar-refractivity contribution in [1.82, 2.24) is 29.9 Å². The van der Waals surface area contributed by atoms with Crippen molar-refractivity contribution in [3.63, 3.8) is 0 Å². The van der Waals surface area contributed by atoms with Crippen molar-refractivity contribution < 1.29 is 9.90 Å². The molecule has 3 atom stereocenters. The van der Waals surface area contributed by atoms with Crippen LogP contribution in [0.25, 0.3) is 11.0 Å². The summed E-state index contributed by atoms with van der Waals surface area (Å²) in [5, 5.41) is 21.6. The van der Waals surface area contributed by atoms with Crippen molar-refractivity contribution in [2.75, 3.05) is 0 Å². The quantitative estimate of drug-likeness (QED) is 0.708. The van der Waals surface area contributed by atoms with E-state index in [0.29, 0.717) is 12.3 Å². The highest BCUT2D eigenvalue weighted by Crippen LogP contribution is 2.27. The van der Waals surface area contributed by atoms with Crippen molar-refractivity contribution >= 4 is 16.9 Å². The first-order chi connectivity index (χ1) is 12.2. The van der Waals surface area contributed by atoms with Crippen molar-refractivity contribution in [2.24, 2.45) is 5.92 Å². The minimum absolute atomic E-state index is 0.113. The Labute approximate surface area is 144 Å². The van der Waals surface area contributed by atoms with Crippen LogP contribution in [-0.4, -0.2) is 47.7 Å². The molecule has 1 aliphatic rings. The summed E-state index contributed by atoms with van der Waals surface area (Å²) in [5.41, 5.74) is 1.58. The first-order valence-corrected chi connectivity index (χ1v) is 8.40. The smallest absolute Gasteiger partial charge is 0.242 e. The first kappa shape index (κ1) is 15.8. The van der Waals surface area contributed by atoms with Crippen molar-refractivity contribution in [1.29, 1.82) is 0 Å². The molecule has 0 saturated heterocycles. The van der Waals surface area contributed by atoms with E-state index in [2.05, 4.69) is 20.5 Å². The molecule has 3 heterocycles. The summed E-state index contributed by atoms with van der Waals surface area (Å²) >= 11 is 0. The summed E-state index contributed by atoms with van der Waals surface area (Å²) in [6.07, 6.45) is 7.88. The SMILES string of the molecule is O=C(Cn1ncc2ncccc21)N[C@@H]1CC(Cn2cccn2)C[C@H]1O. The Bertz CT molecular complexity index is 859. The van der Waals surface area contributed by atoms with Gasteiger partial charge in [-0.3, -0.25) is 19.1 Å². The normalized spacial score (nSPS) is 23.2. The minimum Gasteiger partial charge on any atom is -0.391 e. The zero-order valence-corrected chi connectivity index (χ0v) is 13.7. The second kappa shape index (κ2) is 6.64. The number of carbonyl (C=O) groups is 1. The highest BCUT2D eigenvalue weighted by Gasteiger charge is 2.34. The summed E-state index contributed by atoms with van der Waals surface area (Å²) in [4.78, 5) is 16.6. The maximum absolute atomic E-state index is 12.4. The van der Waals surface area contributed by atoms with E-state index in [0.717, 1.165) is 24.0 Å². The van der Waals surface area contributed by atoms with Gasteiger partial charge in [-0.25, -0.2) is 0 Å². The number of amides is 1. The van der Waals surface area contributed by atoms with E-state index in [1.54, 1.807) is 23.3 Å².